The minimum absolute atomic E-state index is 0.0760. The Hall–Kier alpha value is -2.28. The molecule has 1 aliphatic carbocycles. The van der Waals surface area contributed by atoms with Gasteiger partial charge < -0.3 is 24.4 Å². The quantitative estimate of drug-likeness (QED) is 0.484. The molecule has 1 amide bonds. The number of ether oxygens (including phenoxy) is 3. The summed E-state index contributed by atoms with van der Waals surface area (Å²) in [4.78, 5) is 26.0. The SMILES string of the molecule is CC(C)(C)OC(=O)COc1ccc([C@H]2CC[C@H](NCC3CCN(C(=O)OC(C)(C)C)CC3)CC2)cc1. The third-order valence-electron chi connectivity index (χ3n) is 6.82. The first-order chi connectivity index (χ1) is 16.9. The molecule has 3 rings (SSSR count). The van der Waals surface area contributed by atoms with E-state index in [1.165, 1.54) is 31.2 Å². The molecule has 1 N–H and O–H groups in total. The highest BCUT2D eigenvalue weighted by Crippen LogP contribution is 2.34. The predicted molar refractivity (Wildman–Crippen MR) is 141 cm³/mol. The van der Waals surface area contributed by atoms with Crippen molar-refractivity contribution in [1.29, 1.82) is 0 Å². The van der Waals surface area contributed by atoms with E-state index in [0.29, 0.717) is 23.6 Å². The van der Waals surface area contributed by atoms with E-state index in [4.69, 9.17) is 14.2 Å². The number of nitrogens with one attached hydrogen (secondary N) is 1. The number of amides is 1. The van der Waals surface area contributed by atoms with Crippen molar-refractivity contribution in [3.63, 3.8) is 0 Å². The Labute approximate surface area is 217 Å². The number of benzene rings is 1. The summed E-state index contributed by atoms with van der Waals surface area (Å²) in [6.07, 6.45) is 6.58. The molecule has 1 heterocycles. The van der Waals surface area contributed by atoms with E-state index in [1.807, 2.05) is 58.6 Å². The molecule has 1 saturated carbocycles. The van der Waals surface area contributed by atoms with Crippen molar-refractivity contribution >= 4 is 12.1 Å². The first-order valence-electron chi connectivity index (χ1n) is 13.5. The monoisotopic (exact) mass is 502 g/mol. The number of nitrogens with zero attached hydrogens (tertiary/aromatic N) is 1. The summed E-state index contributed by atoms with van der Waals surface area (Å²) in [5.74, 6) is 1.53. The minimum atomic E-state index is -0.503. The maximum atomic E-state index is 12.3. The predicted octanol–water partition coefficient (Wildman–Crippen LogP) is 5.67. The standard InChI is InChI=1S/C29H46N2O5/c1-28(2,3)35-26(32)20-34-25-13-9-23(10-14-25)22-7-11-24(12-8-22)30-19-21-15-17-31(18-16-21)27(33)36-29(4,5)6/h9-10,13-14,21-22,24,30H,7-8,11-12,15-20H2,1-6H3/t22-,24-. The van der Waals surface area contributed by atoms with Gasteiger partial charge in [-0.15, -0.1) is 0 Å². The summed E-state index contributed by atoms with van der Waals surface area (Å²) in [6.45, 7) is 13.8. The summed E-state index contributed by atoms with van der Waals surface area (Å²) < 4.78 is 16.4. The molecular weight excluding hydrogens is 456 g/mol. The van der Waals surface area contributed by atoms with Crippen LogP contribution in [0.2, 0.25) is 0 Å². The van der Waals surface area contributed by atoms with Crippen molar-refractivity contribution in [2.24, 2.45) is 5.92 Å². The van der Waals surface area contributed by atoms with Gasteiger partial charge in [0.15, 0.2) is 6.61 Å². The van der Waals surface area contributed by atoms with Crippen LogP contribution in [0.5, 0.6) is 5.75 Å². The largest absolute Gasteiger partial charge is 0.482 e. The summed E-state index contributed by atoms with van der Waals surface area (Å²) in [7, 11) is 0. The Morgan fingerprint density at radius 2 is 1.44 bits per heavy atom. The van der Waals surface area contributed by atoms with Crippen LogP contribution < -0.4 is 10.1 Å². The van der Waals surface area contributed by atoms with Crippen LogP contribution in [-0.4, -0.2) is 60.4 Å². The molecule has 2 fully saturated rings. The lowest BCUT2D eigenvalue weighted by molar-refractivity contribution is -0.157. The maximum Gasteiger partial charge on any atom is 0.410 e. The molecule has 7 heteroatoms. The zero-order valence-corrected chi connectivity index (χ0v) is 23.1. The third kappa shape index (κ3) is 9.64. The fourth-order valence-electron chi connectivity index (χ4n) is 4.96. The average molecular weight is 503 g/mol. The minimum Gasteiger partial charge on any atom is -0.482 e. The van der Waals surface area contributed by atoms with Gasteiger partial charge in [-0.05, 0) is 116 Å². The normalized spacial score (nSPS) is 21.7. The van der Waals surface area contributed by atoms with Crippen molar-refractivity contribution in [2.45, 2.75) is 103 Å². The van der Waals surface area contributed by atoms with Gasteiger partial charge in [0.2, 0.25) is 0 Å². The van der Waals surface area contributed by atoms with E-state index < -0.39 is 11.2 Å². The molecular formula is C29H46N2O5. The Balaban J connectivity index is 1.33. The zero-order chi connectivity index (χ0) is 26.3. The lowest BCUT2D eigenvalue weighted by atomic mass is 9.81. The maximum absolute atomic E-state index is 12.3. The van der Waals surface area contributed by atoms with Crippen LogP contribution in [0.4, 0.5) is 4.79 Å². The number of likely N-dealkylation sites (tertiary alicyclic amines) is 1. The van der Waals surface area contributed by atoms with Gasteiger partial charge in [-0.1, -0.05) is 12.1 Å². The van der Waals surface area contributed by atoms with Crippen LogP contribution >= 0.6 is 0 Å². The molecule has 0 unspecified atom stereocenters. The third-order valence-corrected chi connectivity index (χ3v) is 6.82. The molecule has 7 nitrogen and oxygen atoms in total. The topological polar surface area (TPSA) is 77.1 Å². The molecule has 2 aliphatic rings. The fourth-order valence-corrected chi connectivity index (χ4v) is 4.96. The van der Waals surface area contributed by atoms with Crippen LogP contribution in [-0.2, 0) is 14.3 Å². The average Bonchev–Trinajstić information content (AvgIpc) is 2.80. The molecule has 1 aliphatic heterocycles. The number of hydrogen-bond acceptors (Lipinski definition) is 6. The van der Waals surface area contributed by atoms with Gasteiger partial charge in [0.05, 0.1) is 0 Å². The Morgan fingerprint density at radius 3 is 2.00 bits per heavy atom. The summed E-state index contributed by atoms with van der Waals surface area (Å²) in [5.41, 5.74) is 0.399. The highest BCUT2D eigenvalue weighted by molar-refractivity contribution is 5.71. The van der Waals surface area contributed by atoms with E-state index in [2.05, 4.69) is 17.4 Å². The zero-order valence-electron chi connectivity index (χ0n) is 23.1. The van der Waals surface area contributed by atoms with Crippen LogP contribution in [0.1, 0.15) is 91.5 Å². The molecule has 202 valence electrons. The van der Waals surface area contributed by atoms with Crippen molar-refractivity contribution in [1.82, 2.24) is 10.2 Å². The van der Waals surface area contributed by atoms with Crippen LogP contribution in [0.3, 0.4) is 0 Å². The van der Waals surface area contributed by atoms with Gasteiger partial charge in [-0.25, -0.2) is 9.59 Å². The number of piperidine rings is 1. The van der Waals surface area contributed by atoms with Gasteiger partial charge >= 0.3 is 12.1 Å². The molecule has 36 heavy (non-hydrogen) atoms. The Kier molecular flexibility index (Phi) is 9.67. The highest BCUT2D eigenvalue weighted by atomic mass is 16.6. The van der Waals surface area contributed by atoms with Crippen LogP contribution in [0.15, 0.2) is 24.3 Å². The lowest BCUT2D eigenvalue weighted by Gasteiger charge is -2.35. The second-order valence-corrected chi connectivity index (χ2v) is 12.3. The molecule has 0 aromatic heterocycles. The van der Waals surface area contributed by atoms with Crippen LogP contribution in [0.25, 0.3) is 0 Å². The molecule has 0 atom stereocenters. The Bertz CT molecular complexity index is 840. The molecule has 0 bridgehead atoms. The van der Waals surface area contributed by atoms with E-state index in [9.17, 15) is 9.59 Å². The molecule has 0 spiro atoms. The molecule has 1 saturated heterocycles. The first kappa shape index (κ1) is 28.3. The van der Waals surface area contributed by atoms with Gasteiger partial charge in [-0.2, -0.15) is 0 Å². The van der Waals surface area contributed by atoms with E-state index in [1.54, 1.807) is 0 Å². The molecule has 1 aromatic carbocycles. The molecule has 1 aromatic rings. The Morgan fingerprint density at radius 1 is 0.861 bits per heavy atom. The van der Waals surface area contributed by atoms with E-state index in [-0.39, 0.29) is 18.7 Å². The number of hydrogen-bond donors (Lipinski definition) is 1. The fraction of sp³-hybridized carbons (Fsp3) is 0.724. The number of carbonyl (C=O) groups excluding carboxylic acids is 2. The van der Waals surface area contributed by atoms with Gasteiger partial charge in [0.1, 0.15) is 17.0 Å². The number of rotatable bonds is 7. The van der Waals surface area contributed by atoms with Gasteiger partial charge in [0, 0.05) is 19.1 Å². The van der Waals surface area contributed by atoms with Gasteiger partial charge in [-0.3, -0.25) is 0 Å². The molecule has 0 radical (unpaired) electrons. The summed E-state index contributed by atoms with van der Waals surface area (Å²) in [6, 6.07) is 8.73. The number of esters is 1. The van der Waals surface area contributed by atoms with Crippen LogP contribution in [0, 0.1) is 5.92 Å². The second kappa shape index (κ2) is 12.3. The van der Waals surface area contributed by atoms with E-state index >= 15 is 0 Å². The summed E-state index contributed by atoms with van der Waals surface area (Å²) in [5, 5.41) is 3.80. The first-order valence-corrected chi connectivity index (χ1v) is 13.5. The van der Waals surface area contributed by atoms with Gasteiger partial charge in [0.25, 0.3) is 0 Å². The second-order valence-electron chi connectivity index (χ2n) is 12.3. The lowest BCUT2D eigenvalue weighted by Crippen LogP contribution is -2.44. The smallest absolute Gasteiger partial charge is 0.410 e. The van der Waals surface area contributed by atoms with Crippen molar-refractivity contribution < 1.29 is 23.8 Å². The highest BCUT2D eigenvalue weighted by Gasteiger charge is 2.28. The van der Waals surface area contributed by atoms with Crippen molar-refractivity contribution in [2.75, 3.05) is 26.2 Å². The van der Waals surface area contributed by atoms with Crippen molar-refractivity contribution in [3.8, 4) is 5.75 Å². The number of carbonyl (C=O) groups is 2. The van der Waals surface area contributed by atoms with E-state index in [0.717, 1.165) is 32.5 Å². The van der Waals surface area contributed by atoms with Crippen molar-refractivity contribution in [3.05, 3.63) is 29.8 Å². The summed E-state index contributed by atoms with van der Waals surface area (Å²) >= 11 is 0.